The van der Waals surface area contributed by atoms with Crippen molar-refractivity contribution in [3.63, 3.8) is 0 Å². The van der Waals surface area contributed by atoms with E-state index in [0.29, 0.717) is 32.6 Å². The first-order valence-electron chi connectivity index (χ1n) is 8.66. The van der Waals surface area contributed by atoms with Gasteiger partial charge in [0.05, 0.1) is 10.6 Å². The van der Waals surface area contributed by atoms with Crippen molar-refractivity contribution in [2.45, 2.75) is 13.0 Å². The Morgan fingerprint density at radius 2 is 1.59 bits per heavy atom. The zero-order chi connectivity index (χ0) is 21.0. The number of nitrogens with one attached hydrogen (secondary N) is 1. The molecule has 1 amide bonds. The van der Waals surface area contributed by atoms with Gasteiger partial charge in [0, 0.05) is 27.4 Å². The summed E-state index contributed by atoms with van der Waals surface area (Å²) in [7, 11) is 0. The number of hydrogen-bond donors (Lipinski definition) is 1. The number of anilines is 1. The standard InChI is InChI=1S/C22H16Cl3NO3/c1-13(21(27)14-5-7-15(23)8-6-14)29-18-4-2-3-17(12-18)26-22(28)19-10-9-16(24)11-20(19)25/h2-13H,1H3,(H,26,28). The molecule has 29 heavy (non-hydrogen) atoms. The van der Waals surface area contributed by atoms with Crippen molar-refractivity contribution >= 4 is 52.2 Å². The number of hydrogen-bond acceptors (Lipinski definition) is 3. The van der Waals surface area contributed by atoms with Gasteiger partial charge in [-0.05, 0) is 61.5 Å². The molecule has 0 aromatic heterocycles. The van der Waals surface area contributed by atoms with E-state index in [1.54, 1.807) is 67.6 Å². The van der Waals surface area contributed by atoms with E-state index in [9.17, 15) is 9.59 Å². The van der Waals surface area contributed by atoms with Gasteiger partial charge in [0.1, 0.15) is 5.75 Å². The molecule has 3 aromatic rings. The third-order valence-corrected chi connectivity index (χ3v) is 4.88. The summed E-state index contributed by atoms with van der Waals surface area (Å²) in [6.07, 6.45) is -0.715. The predicted octanol–water partition coefficient (Wildman–Crippen LogP) is 6.55. The van der Waals surface area contributed by atoms with Gasteiger partial charge in [-0.25, -0.2) is 0 Å². The highest BCUT2D eigenvalue weighted by atomic mass is 35.5. The summed E-state index contributed by atoms with van der Waals surface area (Å²) in [6, 6.07) is 18.0. The van der Waals surface area contributed by atoms with E-state index in [1.165, 1.54) is 6.07 Å². The van der Waals surface area contributed by atoms with Crippen LogP contribution in [0, 0.1) is 0 Å². The van der Waals surface area contributed by atoms with E-state index in [2.05, 4.69) is 5.32 Å². The summed E-state index contributed by atoms with van der Waals surface area (Å²) < 4.78 is 5.75. The Labute approximate surface area is 183 Å². The molecule has 0 heterocycles. The summed E-state index contributed by atoms with van der Waals surface area (Å²) in [4.78, 5) is 25.0. The number of carbonyl (C=O) groups excluding carboxylic acids is 2. The van der Waals surface area contributed by atoms with E-state index in [4.69, 9.17) is 39.5 Å². The van der Waals surface area contributed by atoms with Crippen LogP contribution in [0.5, 0.6) is 5.75 Å². The summed E-state index contributed by atoms with van der Waals surface area (Å²) >= 11 is 17.8. The molecule has 0 fully saturated rings. The van der Waals surface area contributed by atoms with Gasteiger partial charge in [0.2, 0.25) is 5.78 Å². The van der Waals surface area contributed by atoms with E-state index >= 15 is 0 Å². The van der Waals surface area contributed by atoms with E-state index in [0.717, 1.165) is 0 Å². The highest BCUT2D eigenvalue weighted by Crippen LogP contribution is 2.24. The van der Waals surface area contributed by atoms with Crippen LogP contribution in [0.1, 0.15) is 27.6 Å². The van der Waals surface area contributed by atoms with E-state index in [1.807, 2.05) is 0 Å². The largest absolute Gasteiger partial charge is 0.482 e. The summed E-state index contributed by atoms with van der Waals surface area (Å²) in [5, 5.41) is 4.01. The molecule has 0 saturated heterocycles. The molecule has 0 aliphatic carbocycles. The number of amides is 1. The van der Waals surface area contributed by atoms with Gasteiger partial charge in [0.25, 0.3) is 5.91 Å². The number of carbonyl (C=O) groups is 2. The molecule has 0 spiro atoms. The number of ketones is 1. The zero-order valence-corrected chi connectivity index (χ0v) is 17.6. The van der Waals surface area contributed by atoms with Gasteiger partial charge in [-0.15, -0.1) is 0 Å². The Morgan fingerprint density at radius 1 is 0.897 bits per heavy atom. The highest BCUT2D eigenvalue weighted by Gasteiger charge is 2.17. The summed E-state index contributed by atoms with van der Waals surface area (Å²) in [5.74, 6) is -0.113. The Kier molecular flexibility index (Phi) is 6.80. The van der Waals surface area contributed by atoms with Crippen LogP contribution in [0.2, 0.25) is 15.1 Å². The summed E-state index contributed by atoms with van der Waals surface area (Å²) in [6.45, 7) is 1.66. The van der Waals surface area contributed by atoms with Gasteiger partial charge in [-0.3, -0.25) is 9.59 Å². The summed E-state index contributed by atoms with van der Waals surface area (Å²) in [5.41, 5.74) is 1.31. The first-order valence-corrected chi connectivity index (χ1v) is 9.80. The molecule has 0 bridgehead atoms. The normalized spacial score (nSPS) is 11.6. The SMILES string of the molecule is CC(Oc1cccc(NC(=O)c2ccc(Cl)cc2Cl)c1)C(=O)c1ccc(Cl)cc1. The van der Waals surface area contributed by atoms with Crippen molar-refractivity contribution < 1.29 is 14.3 Å². The second-order valence-electron chi connectivity index (χ2n) is 6.24. The van der Waals surface area contributed by atoms with Crippen molar-refractivity contribution in [1.29, 1.82) is 0 Å². The lowest BCUT2D eigenvalue weighted by Crippen LogP contribution is -2.24. The predicted molar refractivity (Wildman–Crippen MR) is 117 cm³/mol. The van der Waals surface area contributed by atoms with Crippen molar-refractivity contribution in [3.05, 3.63) is 92.9 Å². The number of ether oxygens (including phenoxy) is 1. The molecule has 148 valence electrons. The smallest absolute Gasteiger partial charge is 0.257 e. The number of rotatable bonds is 6. The van der Waals surface area contributed by atoms with Crippen LogP contribution in [0.4, 0.5) is 5.69 Å². The molecule has 4 nitrogen and oxygen atoms in total. The van der Waals surface area contributed by atoms with Crippen LogP contribution in [-0.2, 0) is 0 Å². The second kappa shape index (κ2) is 9.31. The molecule has 0 aliphatic heterocycles. The van der Waals surface area contributed by atoms with Crippen LogP contribution in [-0.4, -0.2) is 17.8 Å². The number of benzene rings is 3. The molecular formula is C22H16Cl3NO3. The van der Waals surface area contributed by atoms with Crippen LogP contribution in [0.15, 0.2) is 66.7 Å². The quantitative estimate of drug-likeness (QED) is 0.435. The van der Waals surface area contributed by atoms with Crippen molar-refractivity contribution in [2.75, 3.05) is 5.32 Å². The third-order valence-electron chi connectivity index (χ3n) is 4.08. The average Bonchev–Trinajstić information content (AvgIpc) is 2.68. The van der Waals surface area contributed by atoms with Crippen LogP contribution in [0.3, 0.4) is 0 Å². The van der Waals surface area contributed by atoms with E-state index < -0.39 is 6.10 Å². The molecule has 3 aromatic carbocycles. The maximum Gasteiger partial charge on any atom is 0.257 e. The Hall–Kier alpha value is -2.53. The molecular weight excluding hydrogens is 433 g/mol. The maximum atomic E-state index is 12.5. The molecule has 1 atom stereocenters. The van der Waals surface area contributed by atoms with Crippen molar-refractivity contribution in [2.24, 2.45) is 0 Å². The Balaban J connectivity index is 1.69. The molecule has 0 saturated carbocycles. The van der Waals surface area contributed by atoms with Gasteiger partial charge >= 0.3 is 0 Å². The molecule has 0 radical (unpaired) electrons. The van der Waals surface area contributed by atoms with Gasteiger partial charge in [-0.1, -0.05) is 40.9 Å². The topological polar surface area (TPSA) is 55.4 Å². The first kappa shape index (κ1) is 21.2. The van der Waals surface area contributed by atoms with Crippen LogP contribution < -0.4 is 10.1 Å². The molecule has 7 heteroatoms. The van der Waals surface area contributed by atoms with Gasteiger partial charge in [-0.2, -0.15) is 0 Å². The van der Waals surface area contributed by atoms with Gasteiger partial charge < -0.3 is 10.1 Å². The lowest BCUT2D eigenvalue weighted by atomic mass is 10.1. The average molecular weight is 449 g/mol. The fourth-order valence-corrected chi connectivity index (χ4v) is 3.25. The fraction of sp³-hybridized carbons (Fsp3) is 0.0909. The first-order chi connectivity index (χ1) is 13.8. The minimum atomic E-state index is -0.715. The van der Waals surface area contributed by atoms with Crippen molar-refractivity contribution in [3.8, 4) is 5.75 Å². The minimum Gasteiger partial charge on any atom is -0.482 e. The minimum absolute atomic E-state index is 0.177. The number of Topliss-reactive ketones (excluding diaryl/α,β-unsaturated/α-hetero) is 1. The molecule has 1 unspecified atom stereocenters. The lowest BCUT2D eigenvalue weighted by molar-refractivity contribution is 0.0818. The molecule has 3 rings (SSSR count). The molecule has 0 aliphatic rings. The lowest BCUT2D eigenvalue weighted by Gasteiger charge is -2.15. The van der Waals surface area contributed by atoms with Gasteiger partial charge in [0.15, 0.2) is 6.10 Å². The van der Waals surface area contributed by atoms with Crippen molar-refractivity contribution in [1.82, 2.24) is 0 Å². The van der Waals surface area contributed by atoms with Crippen LogP contribution >= 0.6 is 34.8 Å². The number of halogens is 3. The second-order valence-corrected chi connectivity index (χ2v) is 7.52. The fourth-order valence-electron chi connectivity index (χ4n) is 2.63. The highest BCUT2D eigenvalue weighted by molar-refractivity contribution is 6.37. The molecule has 1 N–H and O–H groups in total. The Bertz CT molecular complexity index is 1050. The van der Waals surface area contributed by atoms with E-state index in [-0.39, 0.29) is 16.7 Å². The monoisotopic (exact) mass is 447 g/mol. The van der Waals surface area contributed by atoms with Crippen LogP contribution in [0.25, 0.3) is 0 Å². The maximum absolute atomic E-state index is 12.5. The Morgan fingerprint density at radius 3 is 2.28 bits per heavy atom. The zero-order valence-electron chi connectivity index (χ0n) is 15.3. The third kappa shape index (κ3) is 5.51.